The summed E-state index contributed by atoms with van der Waals surface area (Å²) in [6.07, 6.45) is 6.35. The van der Waals surface area contributed by atoms with Crippen molar-refractivity contribution < 1.29 is 9.59 Å². The monoisotopic (exact) mass is 399 g/mol. The Balaban J connectivity index is 1.76. The molecule has 2 atom stereocenters. The Morgan fingerprint density at radius 1 is 1.25 bits per heavy atom. The number of unbranched alkanes of at least 4 members (excludes halogenated alkanes) is 1. The van der Waals surface area contributed by atoms with E-state index in [0.717, 1.165) is 31.2 Å². The third kappa shape index (κ3) is 4.76. The lowest BCUT2D eigenvalue weighted by Gasteiger charge is -2.23. The Morgan fingerprint density at radius 2 is 2.00 bits per heavy atom. The minimum Gasteiger partial charge on any atom is -0.294 e. The second kappa shape index (κ2) is 9.28. The third-order valence-corrected chi connectivity index (χ3v) is 5.64. The Bertz CT molecular complexity index is 851. The van der Waals surface area contributed by atoms with Crippen LogP contribution in [0.5, 0.6) is 0 Å². The van der Waals surface area contributed by atoms with Crippen molar-refractivity contribution in [1.29, 1.82) is 0 Å². The van der Waals surface area contributed by atoms with Gasteiger partial charge >= 0.3 is 0 Å². The number of ketones is 1. The maximum Gasteiger partial charge on any atom is 0.229 e. The predicted octanol–water partition coefficient (Wildman–Crippen LogP) is 5.20. The molecule has 0 unspecified atom stereocenters. The SMILES string of the molecule is CCCC[C@H](CC)C(=O)Nc1ncc2c(n1)C[C@H](c1ccc(Cl)cc1)CC2=O. The number of carbonyl (C=O) groups excluding carboxylic acids is 2. The summed E-state index contributed by atoms with van der Waals surface area (Å²) < 4.78 is 0. The van der Waals surface area contributed by atoms with Gasteiger partial charge in [-0.1, -0.05) is 50.4 Å². The topological polar surface area (TPSA) is 72.0 Å². The molecule has 1 aliphatic rings. The van der Waals surface area contributed by atoms with Crippen molar-refractivity contribution in [3.05, 3.63) is 52.3 Å². The molecule has 5 nitrogen and oxygen atoms in total. The average molecular weight is 400 g/mol. The molecule has 2 aromatic rings. The zero-order valence-corrected chi connectivity index (χ0v) is 17.1. The summed E-state index contributed by atoms with van der Waals surface area (Å²) in [6, 6.07) is 7.58. The molecule has 1 aliphatic carbocycles. The van der Waals surface area contributed by atoms with Gasteiger partial charge in [-0.05, 0) is 42.9 Å². The summed E-state index contributed by atoms with van der Waals surface area (Å²) in [5.41, 5.74) is 2.32. The Labute approximate surface area is 170 Å². The fourth-order valence-corrected chi connectivity index (χ4v) is 3.79. The van der Waals surface area contributed by atoms with E-state index in [2.05, 4.69) is 22.2 Å². The molecule has 3 rings (SSSR count). The molecule has 1 amide bonds. The standard InChI is InChI=1S/C22H26ClN3O2/c1-3-5-6-14(4-2)21(28)26-22-24-13-18-19(25-22)11-16(12-20(18)27)15-7-9-17(23)10-8-15/h7-10,13-14,16H,3-6,11-12H2,1-2H3,(H,24,25,26,28)/t14-,16-/m0/s1. The minimum atomic E-state index is -0.0488. The van der Waals surface area contributed by atoms with Crippen LogP contribution >= 0.6 is 11.6 Å². The molecule has 6 heteroatoms. The van der Waals surface area contributed by atoms with Crippen LogP contribution in [0, 0.1) is 5.92 Å². The first-order valence-electron chi connectivity index (χ1n) is 9.97. The molecule has 1 aromatic carbocycles. The van der Waals surface area contributed by atoms with Gasteiger partial charge in [0.25, 0.3) is 0 Å². The molecule has 1 N–H and O–H groups in total. The number of fused-ring (bicyclic) bond motifs is 1. The third-order valence-electron chi connectivity index (χ3n) is 5.39. The highest BCUT2D eigenvalue weighted by atomic mass is 35.5. The number of carbonyl (C=O) groups is 2. The van der Waals surface area contributed by atoms with Gasteiger partial charge in [0.15, 0.2) is 5.78 Å². The van der Waals surface area contributed by atoms with E-state index >= 15 is 0 Å². The van der Waals surface area contributed by atoms with E-state index in [-0.39, 0.29) is 29.5 Å². The number of nitrogens with one attached hydrogen (secondary N) is 1. The highest BCUT2D eigenvalue weighted by Gasteiger charge is 2.28. The van der Waals surface area contributed by atoms with Crippen molar-refractivity contribution in [2.45, 2.75) is 58.3 Å². The fraction of sp³-hybridized carbons (Fsp3) is 0.455. The van der Waals surface area contributed by atoms with Crippen molar-refractivity contribution in [2.75, 3.05) is 5.32 Å². The number of hydrogen-bond donors (Lipinski definition) is 1. The van der Waals surface area contributed by atoms with Crippen LogP contribution in [0.3, 0.4) is 0 Å². The number of halogens is 1. The number of anilines is 1. The van der Waals surface area contributed by atoms with Gasteiger partial charge in [-0.15, -0.1) is 0 Å². The number of aromatic nitrogens is 2. The Hall–Kier alpha value is -2.27. The van der Waals surface area contributed by atoms with Crippen LogP contribution < -0.4 is 5.32 Å². The van der Waals surface area contributed by atoms with E-state index in [4.69, 9.17) is 11.6 Å². The van der Waals surface area contributed by atoms with Crippen LogP contribution in [-0.4, -0.2) is 21.7 Å². The maximum atomic E-state index is 12.5. The molecule has 0 spiro atoms. The summed E-state index contributed by atoms with van der Waals surface area (Å²) in [5.74, 6) is 0.288. The normalized spacial score (nSPS) is 17.1. The number of nitrogens with zero attached hydrogens (tertiary/aromatic N) is 2. The molecule has 28 heavy (non-hydrogen) atoms. The molecular weight excluding hydrogens is 374 g/mol. The van der Waals surface area contributed by atoms with Gasteiger partial charge in [0.05, 0.1) is 11.3 Å². The average Bonchev–Trinajstić information content (AvgIpc) is 2.69. The molecule has 0 fully saturated rings. The van der Waals surface area contributed by atoms with Gasteiger partial charge in [-0.3, -0.25) is 14.9 Å². The summed E-state index contributed by atoms with van der Waals surface area (Å²) in [4.78, 5) is 33.8. The molecule has 0 saturated heterocycles. The smallest absolute Gasteiger partial charge is 0.229 e. The zero-order valence-electron chi connectivity index (χ0n) is 16.4. The number of amides is 1. The zero-order chi connectivity index (χ0) is 20.1. The predicted molar refractivity (Wildman–Crippen MR) is 111 cm³/mol. The molecular formula is C22H26ClN3O2. The van der Waals surface area contributed by atoms with Gasteiger partial charge in [0, 0.05) is 23.6 Å². The van der Waals surface area contributed by atoms with Gasteiger partial charge in [0.1, 0.15) is 0 Å². The first-order chi connectivity index (χ1) is 13.5. The lowest BCUT2D eigenvalue weighted by atomic mass is 9.82. The lowest BCUT2D eigenvalue weighted by Crippen LogP contribution is -2.25. The lowest BCUT2D eigenvalue weighted by molar-refractivity contribution is -0.120. The van der Waals surface area contributed by atoms with Crippen molar-refractivity contribution >= 4 is 29.2 Å². The first kappa shape index (κ1) is 20.5. The highest BCUT2D eigenvalue weighted by Crippen LogP contribution is 2.32. The highest BCUT2D eigenvalue weighted by molar-refractivity contribution is 6.30. The number of benzene rings is 1. The van der Waals surface area contributed by atoms with Crippen molar-refractivity contribution in [3.8, 4) is 0 Å². The van der Waals surface area contributed by atoms with Crippen LogP contribution in [0.1, 0.15) is 73.5 Å². The maximum absolute atomic E-state index is 12.5. The molecule has 0 bridgehead atoms. The van der Waals surface area contributed by atoms with Crippen molar-refractivity contribution in [3.63, 3.8) is 0 Å². The van der Waals surface area contributed by atoms with Crippen LogP contribution in [-0.2, 0) is 11.2 Å². The van der Waals surface area contributed by atoms with Gasteiger partial charge in [-0.25, -0.2) is 9.97 Å². The van der Waals surface area contributed by atoms with E-state index in [1.807, 2.05) is 31.2 Å². The summed E-state index contributed by atoms with van der Waals surface area (Å²) in [5, 5.41) is 3.51. The van der Waals surface area contributed by atoms with E-state index in [0.29, 0.717) is 29.1 Å². The molecule has 0 aliphatic heterocycles. The van der Waals surface area contributed by atoms with Crippen molar-refractivity contribution in [2.24, 2.45) is 5.92 Å². The number of Topliss-reactive ketones (excluding diaryl/α,β-unsaturated/α-hetero) is 1. The van der Waals surface area contributed by atoms with E-state index in [1.54, 1.807) is 6.20 Å². The number of hydrogen-bond acceptors (Lipinski definition) is 4. The van der Waals surface area contributed by atoms with Crippen LogP contribution in [0.2, 0.25) is 5.02 Å². The van der Waals surface area contributed by atoms with Crippen LogP contribution in [0.15, 0.2) is 30.5 Å². The molecule has 1 aromatic heterocycles. The summed E-state index contributed by atoms with van der Waals surface area (Å²) in [7, 11) is 0. The first-order valence-corrected chi connectivity index (χ1v) is 10.3. The number of rotatable bonds is 7. The van der Waals surface area contributed by atoms with Gasteiger partial charge in [-0.2, -0.15) is 0 Å². The Morgan fingerprint density at radius 3 is 2.68 bits per heavy atom. The Kier molecular flexibility index (Phi) is 6.79. The van der Waals surface area contributed by atoms with Crippen LogP contribution in [0.4, 0.5) is 5.95 Å². The largest absolute Gasteiger partial charge is 0.294 e. The molecule has 1 heterocycles. The molecule has 0 saturated carbocycles. The minimum absolute atomic E-state index is 0.0356. The van der Waals surface area contributed by atoms with E-state index in [1.165, 1.54) is 0 Å². The van der Waals surface area contributed by atoms with Gasteiger partial charge < -0.3 is 0 Å². The quantitative estimate of drug-likeness (QED) is 0.694. The van der Waals surface area contributed by atoms with E-state index in [9.17, 15) is 9.59 Å². The summed E-state index contributed by atoms with van der Waals surface area (Å²) in [6.45, 7) is 4.13. The molecule has 148 valence electrons. The van der Waals surface area contributed by atoms with Crippen molar-refractivity contribution in [1.82, 2.24) is 9.97 Å². The second-order valence-corrected chi connectivity index (χ2v) is 7.81. The van der Waals surface area contributed by atoms with Crippen LogP contribution in [0.25, 0.3) is 0 Å². The van der Waals surface area contributed by atoms with E-state index < -0.39 is 0 Å². The molecule has 0 radical (unpaired) electrons. The second-order valence-electron chi connectivity index (χ2n) is 7.37. The fourth-order valence-electron chi connectivity index (χ4n) is 3.66. The van der Waals surface area contributed by atoms with Gasteiger partial charge in [0.2, 0.25) is 11.9 Å². The summed E-state index contributed by atoms with van der Waals surface area (Å²) >= 11 is 5.97.